The minimum atomic E-state index is -1.00. The molecule has 3 heterocycles. The summed E-state index contributed by atoms with van der Waals surface area (Å²) in [7, 11) is 0. The van der Waals surface area contributed by atoms with Gasteiger partial charge in [-0.05, 0) is 68.3 Å². The van der Waals surface area contributed by atoms with Crippen LogP contribution in [-0.2, 0) is 11.3 Å². The van der Waals surface area contributed by atoms with Gasteiger partial charge in [0.2, 0.25) is 5.91 Å². The molecule has 5 rings (SSSR count). The number of thiophene rings is 1. The molecule has 1 atom stereocenters. The van der Waals surface area contributed by atoms with E-state index in [1.165, 1.54) is 6.42 Å². The maximum absolute atomic E-state index is 13.9. The molecule has 0 bridgehead atoms. The van der Waals surface area contributed by atoms with E-state index in [9.17, 15) is 9.59 Å². The van der Waals surface area contributed by atoms with Gasteiger partial charge in [0.15, 0.2) is 0 Å². The second-order valence-corrected chi connectivity index (χ2v) is 10.1. The van der Waals surface area contributed by atoms with Crippen molar-refractivity contribution < 1.29 is 9.59 Å². The first-order chi connectivity index (χ1) is 14.9. The van der Waals surface area contributed by atoms with Crippen LogP contribution in [-0.4, -0.2) is 28.0 Å². The average molecular weight is 436 g/mol. The molecule has 1 aliphatic heterocycles. The number of carbonyl (C=O) groups is 2. The van der Waals surface area contributed by atoms with Crippen LogP contribution in [0.5, 0.6) is 0 Å². The Labute approximate surface area is 187 Å². The molecule has 31 heavy (non-hydrogen) atoms. The van der Waals surface area contributed by atoms with Gasteiger partial charge in [-0.1, -0.05) is 31.4 Å². The Morgan fingerprint density at radius 2 is 1.94 bits per heavy atom. The number of anilines is 1. The molecule has 162 valence electrons. The fourth-order valence-electron chi connectivity index (χ4n) is 5.14. The molecule has 0 radical (unpaired) electrons. The summed E-state index contributed by atoms with van der Waals surface area (Å²) < 4.78 is 2.05. The summed E-state index contributed by atoms with van der Waals surface area (Å²) in [5, 5.41) is 6.41. The highest BCUT2D eigenvalue weighted by Gasteiger charge is 2.49. The van der Waals surface area contributed by atoms with Crippen LogP contribution in [0.1, 0.15) is 60.6 Å². The van der Waals surface area contributed by atoms with Crippen LogP contribution < -0.4 is 10.2 Å². The van der Waals surface area contributed by atoms with Crippen LogP contribution in [0.15, 0.2) is 35.7 Å². The first kappa shape index (κ1) is 20.3. The van der Waals surface area contributed by atoms with Crippen LogP contribution in [0.4, 0.5) is 5.69 Å². The maximum atomic E-state index is 13.9. The number of nitrogens with one attached hydrogen (secondary N) is 1. The Hall–Kier alpha value is -2.60. The lowest BCUT2D eigenvalue weighted by atomic mass is 9.90. The van der Waals surface area contributed by atoms with Gasteiger partial charge >= 0.3 is 0 Å². The Bertz CT molecular complexity index is 1170. The van der Waals surface area contributed by atoms with Gasteiger partial charge in [0.1, 0.15) is 16.1 Å². The van der Waals surface area contributed by atoms with Gasteiger partial charge in [-0.15, -0.1) is 11.3 Å². The third-order valence-corrected chi connectivity index (χ3v) is 8.08. The number of carbonyl (C=O) groups excluding carboxylic acids is 2. The van der Waals surface area contributed by atoms with E-state index in [0.717, 1.165) is 52.7 Å². The van der Waals surface area contributed by atoms with E-state index in [2.05, 4.69) is 5.32 Å². The van der Waals surface area contributed by atoms with Crippen LogP contribution in [0.3, 0.4) is 0 Å². The number of amides is 2. The number of benzene rings is 1. The van der Waals surface area contributed by atoms with Crippen LogP contribution >= 0.6 is 11.3 Å². The Kier molecular flexibility index (Phi) is 4.93. The predicted molar refractivity (Wildman–Crippen MR) is 126 cm³/mol. The van der Waals surface area contributed by atoms with E-state index in [1.54, 1.807) is 16.2 Å². The molecule has 6 heteroatoms. The molecule has 1 aliphatic carbocycles. The van der Waals surface area contributed by atoms with Gasteiger partial charge < -0.3 is 9.88 Å². The smallest absolute Gasteiger partial charge is 0.275 e. The number of nitrogens with zero attached hydrogens (tertiary/aromatic N) is 2. The number of aromatic nitrogens is 1. The van der Waals surface area contributed by atoms with Crippen LogP contribution in [0, 0.1) is 13.8 Å². The Morgan fingerprint density at radius 3 is 2.71 bits per heavy atom. The van der Waals surface area contributed by atoms with E-state index in [-0.39, 0.29) is 17.9 Å². The van der Waals surface area contributed by atoms with Gasteiger partial charge in [0, 0.05) is 17.1 Å². The van der Waals surface area contributed by atoms with E-state index < -0.39 is 5.54 Å². The fraction of sp³-hybridized carbons (Fsp3) is 0.440. The van der Waals surface area contributed by atoms with Crippen molar-refractivity contribution in [2.45, 2.75) is 71.0 Å². The van der Waals surface area contributed by atoms with Crippen molar-refractivity contribution in [3.05, 3.63) is 52.5 Å². The van der Waals surface area contributed by atoms with E-state index in [4.69, 9.17) is 0 Å². The summed E-state index contributed by atoms with van der Waals surface area (Å²) in [4.78, 5) is 30.5. The largest absolute Gasteiger partial charge is 0.351 e. The average Bonchev–Trinajstić information content (AvgIpc) is 3.34. The number of rotatable bonds is 3. The summed E-state index contributed by atoms with van der Waals surface area (Å²) in [6.45, 7) is 6.45. The number of hydrogen-bond acceptors (Lipinski definition) is 3. The topological polar surface area (TPSA) is 54.3 Å². The zero-order valence-corrected chi connectivity index (χ0v) is 19.2. The second-order valence-electron chi connectivity index (χ2n) is 9.24. The van der Waals surface area contributed by atoms with Crippen LogP contribution in [0.2, 0.25) is 0 Å². The molecule has 1 aromatic carbocycles. The second kappa shape index (κ2) is 7.52. The number of hydrogen-bond donors (Lipinski definition) is 1. The van der Waals surface area contributed by atoms with Gasteiger partial charge in [0.05, 0.1) is 6.54 Å². The molecule has 1 N–H and O–H groups in total. The molecule has 2 aromatic heterocycles. The first-order valence-electron chi connectivity index (χ1n) is 11.2. The lowest BCUT2D eigenvalue weighted by Gasteiger charge is -2.45. The SMILES string of the molecule is Cc1cccc(N2C(=O)c3cc4ccsc4n3C[C@]2(C)C(=O)NC2CCCCC2)c1C. The molecular formula is C25H29N3O2S. The zero-order valence-electron chi connectivity index (χ0n) is 18.4. The molecule has 0 saturated heterocycles. The number of aryl methyl sites for hydroxylation is 1. The third-order valence-electron chi connectivity index (χ3n) is 7.13. The van der Waals surface area contributed by atoms with E-state index in [0.29, 0.717) is 12.2 Å². The number of fused-ring (bicyclic) bond motifs is 3. The highest BCUT2D eigenvalue weighted by atomic mass is 32.1. The fourth-order valence-corrected chi connectivity index (χ4v) is 6.04. The molecule has 1 fully saturated rings. The summed E-state index contributed by atoms with van der Waals surface area (Å²) in [6, 6.07) is 10.2. The molecule has 5 nitrogen and oxygen atoms in total. The van der Waals surface area contributed by atoms with Crippen LogP contribution in [0.25, 0.3) is 10.2 Å². The van der Waals surface area contributed by atoms with Crippen molar-refractivity contribution in [1.82, 2.24) is 9.88 Å². The minimum absolute atomic E-state index is 0.0577. The molecule has 2 aliphatic rings. The van der Waals surface area contributed by atoms with Crippen molar-refractivity contribution in [1.29, 1.82) is 0 Å². The van der Waals surface area contributed by atoms with E-state index in [1.807, 2.05) is 61.1 Å². The summed E-state index contributed by atoms with van der Waals surface area (Å²) in [5.74, 6) is -0.164. The first-order valence-corrected chi connectivity index (χ1v) is 12.1. The molecule has 1 saturated carbocycles. The molecule has 2 amide bonds. The summed E-state index contributed by atoms with van der Waals surface area (Å²) in [6.07, 6.45) is 5.57. The lowest BCUT2D eigenvalue weighted by Crippen LogP contribution is -2.65. The molecule has 0 unspecified atom stereocenters. The molecular weight excluding hydrogens is 406 g/mol. The third kappa shape index (κ3) is 3.19. The van der Waals surface area contributed by atoms with Crippen molar-refractivity contribution >= 4 is 39.1 Å². The monoisotopic (exact) mass is 435 g/mol. The summed E-state index contributed by atoms with van der Waals surface area (Å²) >= 11 is 1.62. The van der Waals surface area contributed by atoms with Gasteiger partial charge in [0.25, 0.3) is 5.91 Å². The highest BCUT2D eigenvalue weighted by Crippen LogP contribution is 2.39. The maximum Gasteiger partial charge on any atom is 0.275 e. The summed E-state index contributed by atoms with van der Waals surface area (Å²) in [5.41, 5.74) is 2.63. The molecule has 0 spiro atoms. The Balaban J connectivity index is 1.63. The predicted octanol–water partition coefficient (Wildman–Crippen LogP) is 5.19. The molecule has 3 aromatic rings. The van der Waals surface area contributed by atoms with E-state index >= 15 is 0 Å². The standard InChI is InChI=1S/C25H29N3O2S/c1-16-8-7-11-20(17(16)2)28-22(29)21-14-18-12-13-31-23(18)27(21)15-25(28,3)24(30)26-19-9-5-4-6-10-19/h7-8,11-14,19H,4-6,9-10,15H2,1-3H3,(H,26,30)/t25-/m1/s1. The quantitative estimate of drug-likeness (QED) is 0.616. The van der Waals surface area contributed by atoms with Crippen molar-refractivity contribution in [3.63, 3.8) is 0 Å². The van der Waals surface area contributed by atoms with Gasteiger partial charge in [-0.3, -0.25) is 14.5 Å². The van der Waals surface area contributed by atoms with Gasteiger partial charge in [-0.2, -0.15) is 0 Å². The minimum Gasteiger partial charge on any atom is -0.351 e. The normalized spacial score (nSPS) is 22.0. The van der Waals surface area contributed by atoms with Crippen molar-refractivity contribution in [2.24, 2.45) is 0 Å². The Morgan fingerprint density at radius 1 is 1.16 bits per heavy atom. The van der Waals surface area contributed by atoms with Gasteiger partial charge in [-0.25, -0.2) is 0 Å². The zero-order chi connectivity index (χ0) is 21.8. The lowest BCUT2D eigenvalue weighted by molar-refractivity contribution is -0.127. The van der Waals surface area contributed by atoms with Crippen molar-refractivity contribution in [3.8, 4) is 0 Å². The van der Waals surface area contributed by atoms with Crippen molar-refractivity contribution in [2.75, 3.05) is 4.90 Å². The highest BCUT2D eigenvalue weighted by molar-refractivity contribution is 7.16.